The Balaban J connectivity index is 1.47. The number of thiocarbonyl (C=S) groups is 1. The van der Waals surface area contributed by atoms with Crippen molar-refractivity contribution < 1.29 is 9.66 Å². The van der Waals surface area contributed by atoms with E-state index in [1.165, 1.54) is 6.07 Å². The van der Waals surface area contributed by atoms with E-state index < -0.39 is 4.92 Å². The number of nitrogens with zero attached hydrogens (tertiary/aromatic N) is 5. The number of aryl methyl sites for hydroxylation is 1. The molecule has 228 valence electrons. The summed E-state index contributed by atoms with van der Waals surface area (Å²) in [5.41, 5.74) is 6.17. The summed E-state index contributed by atoms with van der Waals surface area (Å²) in [5, 5.41) is 16.5. The smallest absolute Gasteiger partial charge is 0.271 e. The Bertz CT molecular complexity index is 1720. The van der Waals surface area contributed by atoms with Crippen molar-refractivity contribution in [1.29, 1.82) is 0 Å². The van der Waals surface area contributed by atoms with Crippen molar-refractivity contribution >= 4 is 46.0 Å². The third-order valence-corrected chi connectivity index (χ3v) is 9.45. The normalized spacial score (nSPS) is 18.9. The monoisotopic (exact) mass is 630 g/mol. The first-order valence-electron chi connectivity index (χ1n) is 14.7. The summed E-state index contributed by atoms with van der Waals surface area (Å²) in [4.78, 5) is 20.4. The minimum absolute atomic E-state index is 0.00977. The lowest BCUT2D eigenvalue weighted by atomic mass is 9.96. The summed E-state index contributed by atoms with van der Waals surface area (Å²) in [6.07, 6.45) is 4.08. The number of halogens is 1. The molecule has 0 radical (unpaired) electrons. The molecule has 2 aliphatic rings. The van der Waals surface area contributed by atoms with Gasteiger partial charge in [0.05, 0.1) is 46.2 Å². The Hall–Kier alpha value is -4.15. The molecule has 2 saturated heterocycles. The van der Waals surface area contributed by atoms with Gasteiger partial charge in [-0.1, -0.05) is 24.6 Å². The molecule has 2 aliphatic heterocycles. The Morgan fingerprint density at radius 2 is 1.84 bits per heavy atom. The average molecular weight is 631 g/mol. The molecule has 2 fully saturated rings. The molecule has 0 bridgehead atoms. The maximum absolute atomic E-state index is 11.7. The maximum atomic E-state index is 11.7. The van der Waals surface area contributed by atoms with Gasteiger partial charge in [0.25, 0.3) is 5.69 Å². The van der Waals surface area contributed by atoms with E-state index in [4.69, 9.17) is 33.5 Å². The first kappa shape index (κ1) is 29.9. The number of nitro benzene ring substituents is 1. The number of piperidine rings is 1. The molecule has 0 unspecified atom stereocenters. The van der Waals surface area contributed by atoms with Gasteiger partial charge in [-0.3, -0.25) is 15.1 Å². The molecular formula is C33H35ClN6O3S. The van der Waals surface area contributed by atoms with Crippen LogP contribution in [0, 0.1) is 29.9 Å². The number of aromatic nitrogens is 2. The summed E-state index contributed by atoms with van der Waals surface area (Å²) in [6.45, 7) is 8.28. The number of pyridine rings is 1. The summed E-state index contributed by atoms with van der Waals surface area (Å²) < 4.78 is 7.65. The largest absolute Gasteiger partial charge is 0.495 e. The summed E-state index contributed by atoms with van der Waals surface area (Å²) in [5.74, 6) is 1.26. The van der Waals surface area contributed by atoms with Gasteiger partial charge in [-0.25, -0.2) is 0 Å². The summed E-state index contributed by atoms with van der Waals surface area (Å²) >= 11 is 13.0. The highest BCUT2D eigenvalue weighted by atomic mass is 35.5. The molecule has 0 aliphatic carbocycles. The topological polar surface area (TPSA) is 88.7 Å². The average Bonchev–Trinajstić information content (AvgIpc) is 3.52. The minimum Gasteiger partial charge on any atom is -0.495 e. The van der Waals surface area contributed by atoms with E-state index in [0.29, 0.717) is 21.6 Å². The molecule has 4 heterocycles. The number of ether oxygens (including phenoxy) is 1. The molecule has 2 aromatic heterocycles. The molecule has 1 N–H and O–H groups in total. The van der Waals surface area contributed by atoms with Gasteiger partial charge in [-0.05, 0) is 92.9 Å². The quantitative estimate of drug-likeness (QED) is 0.128. The molecule has 2 atom stereocenters. The van der Waals surface area contributed by atoms with Crippen molar-refractivity contribution in [2.45, 2.75) is 45.7 Å². The van der Waals surface area contributed by atoms with Crippen LogP contribution in [0.25, 0.3) is 5.69 Å². The number of benzene rings is 2. The van der Waals surface area contributed by atoms with Crippen LogP contribution in [0.2, 0.25) is 5.02 Å². The summed E-state index contributed by atoms with van der Waals surface area (Å²) in [6, 6.07) is 18.2. The lowest BCUT2D eigenvalue weighted by molar-refractivity contribution is -0.384. The molecule has 44 heavy (non-hydrogen) atoms. The van der Waals surface area contributed by atoms with Gasteiger partial charge in [0.15, 0.2) is 5.11 Å². The SMILES string of the molecule is COc1ccc([N+](=O)[O-])cc1-n1c(C)cc([C@@H]2[C@H](c3ccccn3)NC(=S)N2c2ccc(N3CCC(C)CC3)c(Cl)c2)c1C. The molecule has 0 spiro atoms. The van der Waals surface area contributed by atoms with E-state index in [2.05, 4.69) is 40.2 Å². The molecular weight excluding hydrogens is 596 g/mol. The highest BCUT2D eigenvalue weighted by Gasteiger charge is 2.42. The van der Waals surface area contributed by atoms with E-state index in [9.17, 15) is 10.1 Å². The lowest BCUT2D eigenvalue weighted by Gasteiger charge is -2.33. The zero-order valence-electron chi connectivity index (χ0n) is 25.2. The van der Waals surface area contributed by atoms with Crippen LogP contribution in [0.15, 0.2) is 66.9 Å². The van der Waals surface area contributed by atoms with E-state index >= 15 is 0 Å². The number of non-ortho nitro benzene ring substituents is 1. The van der Waals surface area contributed by atoms with E-state index in [1.807, 2.05) is 42.7 Å². The van der Waals surface area contributed by atoms with Gasteiger partial charge in [0.1, 0.15) is 5.75 Å². The van der Waals surface area contributed by atoms with Crippen LogP contribution in [0.1, 0.15) is 54.5 Å². The Kier molecular flexibility index (Phi) is 8.22. The van der Waals surface area contributed by atoms with Crippen molar-refractivity contribution in [2.75, 3.05) is 30.0 Å². The van der Waals surface area contributed by atoms with Crippen LogP contribution in [-0.2, 0) is 0 Å². The van der Waals surface area contributed by atoms with Crippen LogP contribution in [-0.4, -0.2) is 39.8 Å². The minimum atomic E-state index is -0.395. The van der Waals surface area contributed by atoms with Crippen LogP contribution in [0.4, 0.5) is 17.1 Å². The number of hydrogen-bond acceptors (Lipinski definition) is 6. The van der Waals surface area contributed by atoms with Crippen molar-refractivity contribution in [1.82, 2.24) is 14.9 Å². The summed E-state index contributed by atoms with van der Waals surface area (Å²) in [7, 11) is 1.57. The third-order valence-electron chi connectivity index (χ3n) is 8.83. The fourth-order valence-electron chi connectivity index (χ4n) is 6.53. The first-order valence-corrected chi connectivity index (χ1v) is 15.5. The van der Waals surface area contributed by atoms with Crippen LogP contribution in [0.5, 0.6) is 5.75 Å². The van der Waals surface area contributed by atoms with Gasteiger partial charge in [-0.15, -0.1) is 0 Å². The molecule has 6 rings (SSSR count). The lowest BCUT2D eigenvalue weighted by Crippen LogP contribution is -2.33. The van der Waals surface area contributed by atoms with Crippen molar-refractivity contribution in [3.05, 3.63) is 105 Å². The predicted octanol–water partition coefficient (Wildman–Crippen LogP) is 7.47. The van der Waals surface area contributed by atoms with Gasteiger partial charge in [-0.2, -0.15) is 0 Å². The highest BCUT2D eigenvalue weighted by molar-refractivity contribution is 7.80. The molecule has 0 saturated carbocycles. The number of nitro groups is 1. The van der Waals surface area contributed by atoms with E-state index in [0.717, 1.165) is 65.9 Å². The number of rotatable bonds is 7. The van der Waals surface area contributed by atoms with Crippen LogP contribution in [0.3, 0.4) is 0 Å². The van der Waals surface area contributed by atoms with E-state index in [-0.39, 0.29) is 17.8 Å². The van der Waals surface area contributed by atoms with Gasteiger partial charge < -0.3 is 24.4 Å². The molecule has 0 amide bonds. The van der Waals surface area contributed by atoms with Gasteiger partial charge >= 0.3 is 0 Å². The predicted molar refractivity (Wildman–Crippen MR) is 178 cm³/mol. The van der Waals surface area contributed by atoms with Crippen molar-refractivity contribution in [3.8, 4) is 11.4 Å². The number of hydrogen-bond donors (Lipinski definition) is 1. The number of anilines is 2. The second kappa shape index (κ2) is 12.1. The van der Waals surface area contributed by atoms with Gasteiger partial charge in [0.2, 0.25) is 0 Å². The van der Waals surface area contributed by atoms with E-state index in [1.54, 1.807) is 25.4 Å². The molecule has 2 aromatic carbocycles. The Morgan fingerprint density at radius 3 is 2.50 bits per heavy atom. The fourth-order valence-corrected chi connectivity index (χ4v) is 7.17. The van der Waals surface area contributed by atoms with Crippen molar-refractivity contribution in [3.63, 3.8) is 0 Å². The maximum Gasteiger partial charge on any atom is 0.271 e. The number of methoxy groups -OCH3 is 1. The highest BCUT2D eigenvalue weighted by Crippen LogP contribution is 2.46. The zero-order valence-corrected chi connectivity index (χ0v) is 26.7. The third kappa shape index (κ3) is 5.37. The number of nitrogens with one attached hydrogen (secondary N) is 1. The molecule has 11 heteroatoms. The fraction of sp³-hybridized carbons (Fsp3) is 0.333. The Morgan fingerprint density at radius 1 is 1.07 bits per heavy atom. The second-order valence-electron chi connectivity index (χ2n) is 11.6. The second-order valence-corrected chi connectivity index (χ2v) is 12.4. The standard InChI is InChI=1S/C33H35ClN6O3S/c1-20-12-15-37(16-13-20)28-10-8-23(18-26(28)34)39-32(31(36-33(39)44)27-7-5-6-14-35-27)25-17-21(2)38(22(25)3)29-19-24(40(41)42)9-11-30(29)43-4/h5-11,14,17-20,31-32H,12-13,15-16H2,1-4H3,(H,36,44)/t31-,32+/m0/s1. The zero-order chi connectivity index (χ0) is 31.1. The Labute approximate surface area is 267 Å². The molecule has 4 aromatic rings. The van der Waals surface area contributed by atoms with Crippen LogP contribution < -0.4 is 19.9 Å². The van der Waals surface area contributed by atoms with Crippen molar-refractivity contribution in [2.24, 2.45) is 5.92 Å². The first-order chi connectivity index (χ1) is 21.2. The molecule has 9 nitrogen and oxygen atoms in total. The van der Waals surface area contributed by atoms with Gasteiger partial charge in [0, 0.05) is 48.5 Å². The van der Waals surface area contributed by atoms with Crippen LogP contribution >= 0.6 is 23.8 Å².